The summed E-state index contributed by atoms with van der Waals surface area (Å²) in [5.74, 6) is 0. The maximum Gasteiger partial charge on any atom is 3.00 e. The van der Waals surface area contributed by atoms with Crippen molar-refractivity contribution in [1.82, 2.24) is 0 Å². The second kappa shape index (κ2) is 2330. The Labute approximate surface area is 59.4 Å². The second-order valence-corrected chi connectivity index (χ2v) is 0. The molecule has 0 heterocycles. The fourth-order valence-electron chi connectivity index (χ4n) is 0. The average Bonchev–Trinajstić information content (AvgIpc) is 0. The van der Waals surface area contributed by atoms with Crippen LogP contribution in [0.3, 0.4) is 0 Å². The van der Waals surface area contributed by atoms with Crippen molar-refractivity contribution in [3.63, 3.8) is 0 Å². The second-order valence-electron chi connectivity index (χ2n) is 0. The third kappa shape index (κ3) is 1430. The van der Waals surface area contributed by atoms with E-state index in [0.717, 1.165) is 0 Å². The first kappa shape index (κ1) is 3540. The van der Waals surface area contributed by atoms with E-state index in [1.165, 1.54) is 0 Å². The molecule has 0 bridgehead atoms. The van der Waals surface area contributed by atoms with Crippen LogP contribution < -0.4 is 0 Å². The molecule has 0 aromatic heterocycles. The summed E-state index contributed by atoms with van der Waals surface area (Å²) >= 11 is 0. The van der Waals surface area contributed by atoms with Gasteiger partial charge in [-0.3, -0.25) is 0 Å². The summed E-state index contributed by atoms with van der Waals surface area (Å²) in [6.07, 6.45) is 0. The van der Waals surface area contributed by atoms with E-state index in [1.807, 2.05) is 0 Å². The van der Waals surface area contributed by atoms with E-state index >= 15 is 0 Å². The van der Waals surface area contributed by atoms with Gasteiger partial charge in [-0.1, -0.05) is 0 Å². The van der Waals surface area contributed by atoms with Crippen LogP contribution >= 0.6 is 0 Å². The Hall–Kier alpha value is 0.357. The Bertz CT molecular complexity index is 8.49. The summed E-state index contributed by atoms with van der Waals surface area (Å²) in [5, 5.41) is 0. The number of rotatable bonds is 0. The van der Waals surface area contributed by atoms with Crippen LogP contribution in [0.4, 0.5) is 0 Å². The Morgan fingerprint density at radius 3 is 0.375 bits per heavy atom. The van der Waals surface area contributed by atoms with Crippen molar-refractivity contribution in [1.29, 1.82) is 0 Å². The molecule has 0 amide bonds. The molecule has 0 aromatic rings. The molecule has 0 saturated carbocycles. The van der Waals surface area contributed by atoms with Crippen molar-refractivity contribution < 1.29 is 32.9 Å². The zero-order chi connectivity index (χ0) is 0. The van der Waals surface area contributed by atoms with E-state index in [1.54, 1.807) is 0 Å². The van der Waals surface area contributed by atoms with Crippen molar-refractivity contribution in [2.24, 2.45) is 0 Å². The number of hydrogen-bond donors (Lipinski definition) is 0. The van der Waals surface area contributed by atoms with Gasteiger partial charge in [0.2, 0.25) is 0 Å². The molecular weight excluding hydrogens is 134 g/mol. The van der Waals surface area contributed by atoms with E-state index in [9.17, 15) is 0 Å². The molecule has 8 heteroatoms. The Balaban J connectivity index is 0. The molecule has 0 aromatic carbocycles. The fraction of sp³-hybridized carbons (Fsp3) is 0. The van der Waals surface area contributed by atoms with E-state index < -0.39 is 0 Å². The normalized spacial score (nSPS) is 0. The third-order valence-electron chi connectivity index (χ3n) is 0. The van der Waals surface area contributed by atoms with Gasteiger partial charge in [0.25, 0.3) is 0 Å². The molecule has 0 radical (unpaired) electrons. The van der Waals surface area contributed by atoms with Crippen LogP contribution in [0.5, 0.6) is 0 Å². The molecule has 48 valence electrons. The average molecular weight is 140 g/mol. The number of hydrogen-bond acceptors (Lipinski definition) is 6. The minimum atomic E-state index is 0. The smallest absolute Gasteiger partial charge is 0.870 e. The monoisotopic (exact) mass is 140 g/mol. The van der Waals surface area contributed by atoms with Crippen molar-refractivity contribution >= 4 is 25.8 Å². The molecule has 0 atom stereocenters. The predicted octanol–water partition coefficient (Wildman–Crippen LogP) is -1.82. The molecule has 8 heavy (non-hydrogen) atoms. The van der Waals surface area contributed by atoms with Crippen molar-refractivity contribution in [2.75, 3.05) is 0 Å². The van der Waals surface area contributed by atoms with Crippen LogP contribution in [0.15, 0.2) is 0 Å². The molecule has 0 aliphatic heterocycles. The molecular formula is H6AlBO6. The maximum absolute atomic E-state index is 0. The summed E-state index contributed by atoms with van der Waals surface area (Å²) in [5.41, 5.74) is 0. The molecule has 0 aliphatic rings. The van der Waals surface area contributed by atoms with Gasteiger partial charge in [0.15, 0.2) is 0 Å². The van der Waals surface area contributed by atoms with Crippen LogP contribution in [0.25, 0.3) is 0 Å². The van der Waals surface area contributed by atoms with Gasteiger partial charge < -0.3 is 32.9 Å². The van der Waals surface area contributed by atoms with E-state index in [2.05, 4.69) is 0 Å². The van der Waals surface area contributed by atoms with Crippen LogP contribution in [-0.4, -0.2) is 58.6 Å². The first-order chi connectivity index (χ1) is 0. The van der Waals surface area contributed by atoms with Crippen LogP contribution in [0, 0.1) is 0 Å². The van der Waals surface area contributed by atoms with E-state index in [4.69, 9.17) is 0 Å². The zero-order valence-corrected chi connectivity index (χ0v) is 4.99. The van der Waals surface area contributed by atoms with E-state index in [-0.39, 0.29) is 58.6 Å². The van der Waals surface area contributed by atoms with Crippen LogP contribution in [0.2, 0.25) is 0 Å². The minimum absolute atomic E-state index is 0. The van der Waals surface area contributed by atoms with E-state index in [0.29, 0.717) is 0 Å². The molecule has 6 nitrogen and oxygen atoms in total. The van der Waals surface area contributed by atoms with Crippen molar-refractivity contribution in [2.45, 2.75) is 0 Å². The van der Waals surface area contributed by atoms with Crippen LogP contribution in [-0.2, 0) is 0 Å². The maximum atomic E-state index is 0. The largest absolute Gasteiger partial charge is 3.00 e. The molecule has 0 unspecified atom stereocenters. The molecule has 0 aliphatic carbocycles. The van der Waals surface area contributed by atoms with Crippen molar-refractivity contribution in [3.8, 4) is 0 Å². The summed E-state index contributed by atoms with van der Waals surface area (Å²) in [4.78, 5) is 0. The van der Waals surface area contributed by atoms with Gasteiger partial charge in [0.05, 0.1) is 0 Å². The molecule has 0 spiro atoms. The molecule has 0 saturated heterocycles. The van der Waals surface area contributed by atoms with Crippen molar-refractivity contribution in [3.05, 3.63) is 0 Å². The van der Waals surface area contributed by atoms with Crippen LogP contribution in [0.1, 0.15) is 0 Å². The predicted molar refractivity (Wildman–Crippen MR) is 23.1 cm³/mol. The summed E-state index contributed by atoms with van der Waals surface area (Å²) < 4.78 is 0. The van der Waals surface area contributed by atoms with Gasteiger partial charge in [-0.15, -0.1) is 0 Å². The fourth-order valence-corrected chi connectivity index (χ4v) is 0. The van der Waals surface area contributed by atoms with Gasteiger partial charge in [0, 0.05) is 0 Å². The van der Waals surface area contributed by atoms with Gasteiger partial charge in [-0.2, -0.15) is 0 Å². The Morgan fingerprint density at radius 2 is 0.375 bits per heavy atom. The van der Waals surface area contributed by atoms with Gasteiger partial charge in [-0.25, -0.2) is 0 Å². The first-order valence-corrected chi connectivity index (χ1v) is 0. The Kier molecular flexibility index (Phi) is 1030000. The Morgan fingerprint density at radius 1 is 0.375 bits per heavy atom. The first-order valence-electron chi connectivity index (χ1n) is 0. The van der Waals surface area contributed by atoms with Gasteiger partial charge in [-0.05, 0) is 0 Å². The van der Waals surface area contributed by atoms with Gasteiger partial charge in [0.1, 0.15) is 0 Å². The molecule has 0 fully saturated rings. The molecule has 0 rings (SSSR count). The summed E-state index contributed by atoms with van der Waals surface area (Å²) in [6.45, 7) is 0. The SMILES string of the molecule is [Al+3].[B+3].[OH-].[OH-].[OH-].[OH-].[OH-].[OH-]. The van der Waals surface area contributed by atoms with Gasteiger partial charge >= 0.3 is 25.8 Å². The standard InChI is InChI=1S/Al.B.6H2O/h;;6*1H2/q2*+3;;;;;;/p-6. The third-order valence-corrected chi connectivity index (χ3v) is 0. The topological polar surface area (TPSA) is 180 Å². The zero-order valence-electron chi connectivity index (χ0n) is 3.84. The molecule has 6 N–H and O–H groups in total. The summed E-state index contributed by atoms with van der Waals surface area (Å²) in [6, 6.07) is 0. The quantitative estimate of drug-likeness (QED) is 0.356. The minimum Gasteiger partial charge on any atom is -0.870 e. The summed E-state index contributed by atoms with van der Waals surface area (Å²) in [7, 11) is 0.